The minimum atomic E-state index is -1.04. The molecule has 1 N–H and O–H groups in total. The summed E-state index contributed by atoms with van der Waals surface area (Å²) in [7, 11) is 0. The number of carbonyl (C=O) groups excluding carboxylic acids is 1. The molecular formula is C11H13NO3S2. The number of allylic oxidation sites excluding steroid dienone is 1. The minimum Gasteiger partial charge on any atom is -0.480 e. The van der Waals surface area contributed by atoms with Gasteiger partial charge in [0.2, 0.25) is 0 Å². The Labute approximate surface area is 109 Å². The zero-order valence-corrected chi connectivity index (χ0v) is 10.9. The number of rotatable bonds is 3. The second-order valence-corrected chi connectivity index (χ2v) is 5.90. The van der Waals surface area contributed by atoms with Gasteiger partial charge in [0.25, 0.3) is 5.91 Å². The van der Waals surface area contributed by atoms with E-state index in [2.05, 4.69) is 0 Å². The molecule has 1 aliphatic heterocycles. The highest BCUT2D eigenvalue weighted by molar-refractivity contribution is 8.26. The first kappa shape index (κ1) is 12.6. The molecular weight excluding hydrogens is 258 g/mol. The second kappa shape index (κ2) is 5.18. The van der Waals surface area contributed by atoms with Crippen LogP contribution in [-0.2, 0) is 9.59 Å². The van der Waals surface area contributed by atoms with Crippen molar-refractivity contribution < 1.29 is 14.7 Å². The number of hydrogen-bond acceptors (Lipinski definition) is 4. The van der Waals surface area contributed by atoms with Crippen LogP contribution in [0.4, 0.5) is 0 Å². The summed E-state index contributed by atoms with van der Waals surface area (Å²) in [6, 6.07) is 0. The Morgan fingerprint density at radius 1 is 1.53 bits per heavy atom. The van der Waals surface area contributed by atoms with Crippen LogP contribution in [0.5, 0.6) is 0 Å². The molecule has 1 amide bonds. The van der Waals surface area contributed by atoms with E-state index in [1.807, 2.05) is 6.08 Å². The summed E-state index contributed by atoms with van der Waals surface area (Å²) in [6.45, 7) is -0.341. The molecule has 0 spiro atoms. The van der Waals surface area contributed by atoms with Crippen LogP contribution < -0.4 is 0 Å². The van der Waals surface area contributed by atoms with Gasteiger partial charge in [-0.1, -0.05) is 42.9 Å². The SMILES string of the molecule is O=C(O)CN1C(=O)/C(=C\C2CCCC2)SC1=S. The number of nitrogens with zero attached hydrogens (tertiary/aromatic N) is 1. The highest BCUT2D eigenvalue weighted by Crippen LogP contribution is 2.35. The predicted molar refractivity (Wildman–Crippen MR) is 69.6 cm³/mol. The van der Waals surface area contributed by atoms with E-state index in [9.17, 15) is 9.59 Å². The summed E-state index contributed by atoms with van der Waals surface area (Å²) in [5.41, 5.74) is 0. The van der Waals surface area contributed by atoms with E-state index in [1.165, 1.54) is 24.6 Å². The van der Waals surface area contributed by atoms with Crippen molar-refractivity contribution in [3.05, 3.63) is 11.0 Å². The molecule has 0 aromatic rings. The van der Waals surface area contributed by atoms with Gasteiger partial charge in [0, 0.05) is 0 Å². The molecule has 92 valence electrons. The third kappa shape index (κ3) is 2.87. The van der Waals surface area contributed by atoms with Crippen LogP contribution >= 0.6 is 24.0 Å². The van der Waals surface area contributed by atoms with E-state index in [4.69, 9.17) is 17.3 Å². The van der Waals surface area contributed by atoms with Crippen LogP contribution in [0.1, 0.15) is 25.7 Å². The van der Waals surface area contributed by atoms with Crippen LogP contribution in [0.25, 0.3) is 0 Å². The van der Waals surface area contributed by atoms with Crippen molar-refractivity contribution in [1.29, 1.82) is 0 Å². The van der Waals surface area contributed by atoms with Crippen LogP contribution in [-0.4, -0.2) is 32.7 Å². The van der Waals surface area contributed by atoms with Crippen molar-refractivity contribution >= 4 is 40.2 Å². The van der Waals surface area contributed by atoms with Crippen molar-refractivity contribution in [1.82, 2.24) is 4.90 Å². The third-order valence-electron chi connectivity index (χ3n) is 2.95. The highest BCUT2D eigenvalue weighted by Gasteiger charge is 2.34. The Balaban J connectivity index is 2.09. The number of thiocarbonyl (C=S) groups is 1. The molecule has 0 atom stereocenters. The first-order chi connectivity index (χ1) is 8.08. The summed E-state index contributed by atoms with van der Waals surface area (Å²) in [6.07, 6.45) is 6.60. The number of carboxylic acids is 1. The molecule has 1 saturated carbocycles. The zero-order valence-electron chi connectivity index (χ0n) is 9.22. The summed E-state index contributed by atoms with van der Waals surface area (Å²) in [5, 5.41) is 8.70. The largest absolute Gasteiger partial charge is 0.480 e. The Hall–Kier alpha value is -0.880. The number of aliphatic carboxylic acids is 1. The molecule has 2 aliphatic rings. The van der Waals surface area contributed by atoms with Crippen molar-refractivity contribution in [3.63, 3.8) is 0 Å². The number of hydrogen-bond donors (Lipinski definition) is 1. The lowest BCUT2D eigenvalue weighted by atomic mass is 10.1. The van der Waals surface area contributed by atoms with Gasteiger partial charge in [-0.2, -0.15) is 0 Å². The van der Waals surface area contributed by atoms with Crippen LogP contribution in [0.3, 0.4) is 0 Å². The number of carbonyl (C=O) groups is 2. The number of carboxylic acid groups (broad SMARTS) is 1. The van der Waals surface area contributed by atoms with Crippen molar-refractivity contribution in [3.8, 4) is 0 Å². The Morgan fingerprint density at radius 3 is 2.76 bits per heavy atom. The molecule has 2 rings (SSSR count). The summed E-state index contributed by atoms with van der Waals surface area (Å²) < 4.78 is 0.349. The van der Waals surface area contributed by atoms with Crippen LogP contribution in [0.2, 0.25) is 0 Å². The molecule has 0 aromatic carbocycles. The monoisotopic (exact) mass is 271 g/mol. The standard InChI is InChI=1S/C11H13NO3S2/c13-9(14)6-12-10(15)8(17-11(12)16)5-7-3-1-2-4-7/h5,7H,1-4,6H2,(H,13,14)/b8-5+. The Morgan fingerprint density at radius 2 is 2.18 bits per heavy atom. The Bertz CT molecular complexity index is 400. The van der Waals surface area contributed by atoms with E-state index in [0.29, 0.717) is 15.1 Å². The van der Waals surface area contributed by atoms with E-state index in [-0.39, 0.29) is 12.5 Å². The van der Waals surface area contributed by atoms with Gasteiger partial charge in [0.15, 0.2) is 0 Å². The summed E-state index contributed by atoms with van der Waals surface area (Å²) in [5.74, 6) is -0.841. The van der Waals surface area contributed by atoms with Gasteiger partial charge in [0.05, 0.1) is 4.91 Å². The minimum absolute atomic E-state index is 0.255. The lowest BCUT2D eigenvalue weighted by Crippen LogP contribution is -2.33. The lowest BCUT2D eigenvalue weighted by molar-refractivity contribution is -0.140. The molecule has 0 aromatic heterocycles. The molecule has 6 heteroatoms. The van der Waals surface area contributed by atoms with Gasteiger partial charge in [-0.05, 0) is 18.8 Å². The van der Waals surface area contributed by atoms with Gasteiger partial charge in [-0.3, -0.25) is 14.5 Å². The zero-order chi connectivity index (χ0) is 12.4. The first-order valence-corrected chi connectivity index (χ1v) is 6.77. The molecule has 0 radical (unpaired) electrons. The molecule has 0 unspecified atom stereocenters. The maximum Gasteiger partial charge on any atom is 0.323 e. The second-order valence-electron chi connectivity index (χ2n) is 4.23. The normalized spacial score (nSPS) is 24.0. The van der Waals surface area contributed by atoms with Crippen molar-refractivity contribution in [2.45, 2.75) is 25.7 Å². The molecule has 2 fully saturated rings. The smallest absolute Gasteiger partial charge is 0.323 e. The number of amides is 1. The fraction of sp³-hybridized carbons (Fsp3) is 0.545. The van der Waals surface area contributed by atoms with Crippen LogP contribution in [0, 0.1) is 5.92 Å². The highest BCUT2D eigenvalue weighted by atomic mass is 32.2. The van der Waals surface area contributed by atoms with Gasteiger partial charge >= 0.3 is 5.97 Å². The maximum atomic E-state index is 11.9. The molecule has 1 heterocycles. The fourth-order valence-electron chi connectivity index (χ4n) is 2.12. The molecule has 1 saturated heterocycles. The predicted octanol–water partition coefficient (Wildman–Crippen LogP) is 2.01. The van der Waals surface area contributed by atoms with E-state index in [0.717, 1.165) is 17.7 Å². The van der Waals surface area contributed by atoms with Gasteiger partial charge in [0.1, 0.15) is 10.9 Å². The first-order valence-electron chi connectivity index (χ1n) is 5.55. The third-order valence-corrected chi connectivity index (χ3v) is 4.35. The fourth-order valence-corrected chi connectivity index (χ4v) is 3.44. The molecule has 17 heavy (non-hydrogen) atoms. The van der Waals surface area contributed by atoms with Gasteiger partial charge in [-0.15, -0.1) is 0 Å². The summed E-state index contributed by atoms with van der Waals surface area (Å²) in [4.78, 5) is 24.3. The quantitative estimate of drug-likeness (QED) is 0.628. The van der Waals surface area contributed by atoms with E-state index < -0.39 is 5.97 Å². The average molecular weight is 271 g/mol. The van der Waals surface area contributed by atoms with Crippen molar-refractivity contribution in [2.24, 2.45) is 5.92 Å². The molecule has 0 bridgehead atoms. The number of thioether (sulfide) groups is 1. The van der Waals surface area contributed by atoms with E-state index >= 15 is 0 Å². The average Bonchev–Trinajstić information content (AvgIpc) is 2.83. The van der Waals surface area contributed by atoms with Gasteiger partial charge in [-0.25, -0.2) is 0 Å². The molecule has 1 aliphatic carbocycles. The van der Waals surface area contributed by atoms with Crippen molar-refractivity contribution in [2.75, 3.05) is 6.54 Å². The van der Waals surface area contributed by atoms with E-state index in [1.54, 1.807) is 0 Å². The summed E-state index contributed by atoms with van der Waals surface area (Å²) >= 11 is 6.23. The van der Waals surface area contributed by atoms with Gasteiger partial charge < -0.3 is 5.11 Å². The Kier molecular flexibility index (Phi) is 3.83. The maximum absolute atomic E-state index is 11.9. The molecule has 4 nitrogen and oxygen atoms in total. The topological polar surface area (TPSA) is 57.6 Å². The van der Waals surface area contributed by atoms with Crippen LogP contribution in [0.15, 0.2) is 11.0 Å². The lowest BCUT2D eigenvalue weighted by Gasteiger charge is -2.10.